The van der Waals surface area contributed by atoms with Crippen molar-refractivity contribution < 1.29 is 62.0 Å². The Morgan fingerprint density at radius 2 is 1.68 bits per heavy atom. The molecule has 0 spiro atoms. The number of anilines is 1. The maximum absolute atomic E-state index is 13.3. The Balaban J connectivity index is 2.13. The van der Waals surface area contributed by atoms with Crippen LogP contribution in [0.2, 0.25) is 0 Å². The molecule has 40 heavy (non-hydrogen) atoms. The minimum Gasteiger partial charge on any atom is -0.460 e. The van der Waals surface area contributed by atoms with Gasteiger partial charge in [0.25, 0.3) is 0 Å². The predicted octanol–water partition coefficient (Wildman–Crippen LogP) is 4.47. The molecular formula is C23H29F6NO8S2. The minimum absolute atomic E-state index is 0.0709. The molecule has 0 radical (unpaired) electrons. The van der Waals surface area contributed by atoms with E-state index in [-0.39, 0.29) is 22.1 Å². The van der Waals surface area contributed by atoms with E-state index < -0.39 is 90.4 Å². The van der Waals surface area contributed by atoms with Crippen LogP contribution in [0.15, 0.2) is 6.07 Å². The number of nitrogens with zero attached hydrogens (tertiary/aromatic N) is 1. The molecule has 228 valence electrons. The summed E-state index contributed by atoms with van der Waals surface area (Å²) in [5, 5.41) is 10.9. The van der Waals surface area contributed by atoms with Gasteiger partial charge in [0, 0.05) is 17.7 Å². The zero-order valence-corrected chi connectivity index (χ0v) is 23.5. The monoisotopic (exact) mass is 625 g/mol. The van der Waals surface area contributed by atoms with Gasteiger partial charge in [0.1, 0.15) is 6.10 Å². The van der Waals surface area contributed by atoms with Crippen LogP contribution in [-0.4, -0.2) is 51.6 Å². The standard InChI is InChI=1S/C23H29F6NO8S2/c1-11(2)14-6-5-12(3)9-17(14)37-21(32)19(31)18-13(4)10-16-15(20(18)38-40(35,36)23(27,28)29)7-8-30(16)39(33,34)22(24,25)26/h10-12,14,17,19,31H,5-9H2,1-4H3/t12-,14+,17-,19?/m1/s1. The molecule has 3 rings (SSSR count). The smallest absolute Gasteiger partial charge is 0.460 e. The van der Waals surface area contributed by atoms with Gasteiger partial charge in [-0.05, 0) is 55.6 Å². The molecule has 1 aliphatic heterocycles. The van der Waals surface area contributed by atoms with Gasteiger partial charge in [-0.1, -0.05) is 27.2 Å². The van der Waals surface area contributed by atoms with Crippen molar-refractivity contribution >= 4 is 31.8 Å². The van der Waals surface area contributed by atoms with Crippen molar-refractivity contribution in [2.45, 2.75) is 76.6 Å². The Morgan fingerprint density at radius 1 is 1.07 bits per heavy atom. The number of aliphatic hydroxyl groups excluding tert-OH is 1. The van der Waals surface area contributed by atoms with Gasteiger partial charge in [-0.25, -0.2) is 4.79 Å². The Morgan fingerprint density at radius 3 is 2.20 bits per heavy atom. The highest BCUT2D eigenvalue weighted by Crippen LogP contribution is 2.47. The van der Waals surface area contributed by atoms with Crippen LogP contribution in [0.4, 0.5) is 32.0 Å². The van der Waals surface area contributed by atoms with Crippen LogP contribution in [0, 0.1) is 24.7 Å². The summed E-state index contributed by atoms with van der Waals surface area (Å²) in [6.45, 7) is 5.84. The topological polar surface area (TPSA) is 127 Å². The summed E-state index contributed by atoms with van der Waals surface area (Å²) in [5.41, 5.74) is -14.5. The maximum Gasteiger partial charge on any atom is 0.534 e. The first-order valence-electron chi connectivity index (χ1n) is 12.2. The number of alkyl halides is 6. The third-order valence-corrected chi connectivity index (χ3v) is 9.72. The molecule has 1 saturated carbocycles. The van der Waals surface area contributed by atoms with Crippen LogP contribution in [0.3, 0.4) is 0 Å². The van der Waals surface area contributed by atoms with Gasteiger partial charge in [-0.15, -0.1) is 0 Å². The lowest BCUT2D eigenvalue weighted by Gasteiger charge is -2.37. The zero-order chi connectivity index (χ0) is 30.6. The summed E-state index contributed by atoms with van der Waals surface area (Å²) >= 11 is 0. The fourth-order valence-electron chi connectivity index (χ4n) is 5.17. The number of aryl methyl sites for hydroxylation is 1. The van der Waals surface area contributed by atoms with Crippen molar-refractivity contribution in [3.8, 4) is 5.75 Å². The number of fused-ring (bicyclic) bond motifs is 1. The van der Waals surface area contributed by atoms with Crippen LogP contribution in [0.1, 0.15) is 62.8 Å². The molecule has 17 heteroatoms. The quantitative estimate of drug-likeness (QED) is 0.204. The summed E-state index contributed by atoms with van der Waals surface area (Å²) in [4.78, 5) is 13.1. The Bertz CT molecular complexity index is 1360. The highest BCUT2D eigenvalue weighted by atomic mass is 32.2. The van der Waals surface area contributed by atoms with E-state index in [1.165, 1.54) is 0 Å². The molecule has 0 amide bonds. The molecule has 1 heterocycles. The number of hydrogen-bond donors (Lipinski definition) is 1. The maximum atomic E-state index is 13.3. The van der Waals surface area contributed by atoms with Gasteiger partial charge in [0.15, 0.2) is 11.9 Å². The van der Waals surface area contributed by atoms with Crippen LogP contribution in [0.5, 0.6) is 5.75 Å². The second-order valence-electron chi connectivity index (χ2n) is 10.4. The van der Waals surface area contributed by atoms with E-state index in [2.05, 4.69) is 4.18 Å². The van der Waals surface area contributed by atoms with E-state index >= 15 is 0 Å². The van der Waals surface area contributed by atoms with Crippen LogP contribution < -0.4 is 8.49 Å². The largest absolute Gasteiger partial charge is 0.534 e. The number of aliphatic hydroxyl groups is 1. The van der Waals surface area contributed by atoms with E-state index in [1.54, 1.807) is 0 Å². The molecule has 1 aromatic carbocycles. The van der Waals surface area contributed by atoms with Crippen LogP contribution >= 0.6 is 0 Å². The lowest BCUT2D eigenvalue weighted by atomic mass is 9.75. The highest BCUT2D eigenvalue weighted by molar-refractivity contribution is 7.93. The number of sulfonamides is 1. The molecule has 1 aliphatic carbocycles. The lowest BCUT2D eigenvalue weighted by molar-refractivity contribution is -0.166. The molecule has 4 atom stereocenters. The van der Waals surface area contributed by atoms with Crippen molar-refractivity contribution in [3.05, 3.63) is 22.8 Å². The molecule has 1 fully saturated rings. The second-order valence-corrected chi connectivity index (χ2v) is 13.8. The van der Waals surface area contributed by atoms with Gasteiger partial charge < -0.3 is 14.0 Å². The fraction of sp³-hybridized carbons (Fsp3) is 0.696. The molecule has 2 aliphatic rings. The zero-order valence-electron chi connectivity index (χ0n) is 21.8. The summed E-state index contributed by atoms with van der Waals surface area (Å²) < 4.78 is 137. The summed E-state index contributed by atoms with van der Waals surface area (Å²) in [7, 11) is -12.5. The average molecular weight is 626 g/mol. The van der Waals surface area contributed by atoms with E-state index in [4.69, 9.17) is 4.74 Å². The average Bonchev–Trinajstić information content (AvgIpc) is 3.21. The summed E-state index contributed by atoms with van der Waals surface area (Å²) in [6, 6.07) is 0.796. The van der Waals surface area contributed by atoms with Crippen molar-refractivity contribution in [2.24, 2.45) is 17.8 Å². The Labute approximate surface area is 227 Å². The number of carbonyl (C=O) groups is 1. The van der Waals surface area contributed by atoms with E-state index in [0.29, 0.717) is 12.8 Å². The second kappa shape index (κ2) is 10.9. The van der Waals surface area contributed by atoms with Crippen molar-refractivity contribution in [3.63, 3.8) is 0 Å². The molecule has 0 bridgehead atoms. The van der Waals surface area contributed by atoms with E-state index in [0.717, 1.165) is 19.4 Å². The van der Waals surface area contributed by atoms with E-state index in [9.17, 15) is 53.1 Å². The Hall–Kier alpha value is -2.27. The molecule has 1 aromatic rings. The highest BCUT2D eigenvalue weighted by Gasteiger charge is 2.54. The molecule has 0 aromatic heterocycles. The molecular weight excluding hydrogens is 596 g/mol. The van der Waals surface area contributed by atoms with Crippen molar-refractivity contribution in [2.75, 3.05) is 10.8 Å². The van der Waals surface area contributed by atoms with Gasteiger partial charge in [0.05, 0.1) is 5.69 Å². The number of esters is 1. The summed E-state index contributed by atoms with van der Waals surface area (Å²) in [6.07, 6.45) is -1.79. The van der Waals surface area contributed by atoms with Gasteiger partial charge >= 0.3 is 37.1 Å². The summed E-state index contributed by atoms with van der Waals surface area (Å²) in [5.74, 6) is -2.49. The first kappa shape index (κ1) is 32.2. The lowest BCUT2D eigenvalue weighted by Crippen LogP contribution is -2.39. The number of carbonyl (C=O) groups excluding carboxylic acids is 1. The molecule has 1 unspecified atom stereocenters. The SMILES string of the molecule is Cc1cc2c(c(OS(=O)(=O)C(F)(F)F)c1C(O)C(=O)O[C@@H]1C[C@H](C)CC[C@H]1C(C)C)CCN2S(=O)(=O)C(F)(F)F. The minimum atomic E-state index is -6.46. The van der Waals surface area contributed by atoms with Crippen LogP contribution in [-0.2, 0) is 36.1 Å². The first-order valence-corrected chi connectivity index (χ1v) is 15.1. The fourth-order valence-corrected chi connectivity index (χ4v) is 6.68. The number of rotatable bonds is 7. The van der Waals surface area contributed by atoms with E-state index in [1.807, 2.05) is 20.8 Å². The normalized spacial score (nSPS) is 23.2. The molecule has 1 N–H and O–H groups in total. The number of ether oxygens (including phenoxy) is 1. The third-order valence-electron chi connectivity index (χ3n) is 7.22. The molecule has 0 saturated heterocycles. The van der Waals surface area contributed by atoms with Gasteiger partial charge in [-0.2, -0.15) is 43.2 Å². The van der Waals surface area contributed by atoms with Crippen molar-refractivity contribution in [1.82, 2.24) is 0 Å². The number of hydrogen-bond acceptors (Lipinski definition) is 8. The first-order chi connectivity index (χ1) is 18.1. The van der Waals surface area contributed by atoms with Crippen LogP contribution in [0.25, 0.3) is 0 Å². The molecule has 9 nitrogen and oxygen atoms in total. The van der Waals surface area contributed by atoms with Gasteiger partial charge in [0.2, 0.25) is 0 Å². The van der Waals surface area contributed by atoms with Gasteiger partial charge in [-0.3, -0.25) is 4.31 Å². The Kier molecular flexibility index (Phi) is 8.75. The number of benzene rings is 1. The van der Waals surface area contributed by atoms with Crippen molar-refractivity contribution in [1.29, 1.82) is 0 Å². The number of halogens is 6. The predicted molar refractivity (Wildman–Crippen MR) is 129 cm³/mol. The third kappa shape index (κ3) is 6.00.